The quantitative estimate of drug-likeness (QED) is 0.324. The molecule has 0 saturated carbocycles. The van der Waals surface area contributed by atoms with Crippen LogP contribution in [-0.2, 0) is 14.9 Å². The molecule has 1 aromatic rings. The van der Waals surface area contributed by atoms with Crippen molar-refractivity contribution in [1.82, 2.24) is 8.91 Å². The molecule has 2 heterocycles. The largest absolute Gasteiger partial charge is 0.274 e. The zero-order valence-electron chi connectivity index (χ0n) is 8.70. The Morgan fingerprint density at radius 3 is 2.18 bits per heavy atom. The summed E-state index contributed by atoms with van der Waals surface area (Å²) in [6, 6.07) is 3.71. The lowest BCUT2D eigenvalue weighted by Gasteiger charge is -1.97. The van der Waals surface area contributed by atoms with Gasteiger partial charge in [0.15, 0.2) is 0 Å². The summed E-state index contributed by atoms with van der Waals surface area (Å²) in [7, 11) is 0. The molecule has 0 aromatic carbocycles. The van der Waals surface area contributed by atoms with E-state index in [0.29, 0.717) is 18.0 Å². The summed E-state index contributed by atoms with van der Waals surface area (Å²) >= 11 is 11.6. The second-order valence-electron chi connectivity index (χ2n) is 3.19. The fraction of sp³-hybridized carbons (Fsp3) is 0.300. The van der Waals surface area contributed by atoms with Crippen molar-refractivity contribution >= 4 is 55.5 Å². The van der Waals surface area contributed by atoms with Crippen molar-refractivity contribution in [2.24, 2.45) is 0 Å². The maximum Gasteiger partial charge on any atom is 0.239 e. The van der Waals surface area contributed by atoms with Gasteiger partial charge in [0, 0.05) is 24.4 Å². The minimum atomic E-state index is -0.144. The molecule has 1 aromatic heterocycles. The second-order valence-corrected chi connectivity index (χ2v) is 4.85. The highest BCUT2D eigenvalue weighted by molar-refractivity contribution is 9.08. The molecule has 2 rings (SSSR count). The summed E-state index contributed by atoms with van der Waals surface area (Å²) in [6.45, 7) is 0. The topological polar surface area (TPSA) is 50.3 Å². The predicted octanol–water partition coefficient (Wildman–Crippen LogP) is 3.08. The average Bonchev–Trinajstić information content (AvgIpc) is 2.62. The summed E-state index contributed by atoms with van der Waals surface area (Å²) < 4.78 is 0.979. The van der Waals surface area contributed by atoms with E-state index in [1.807, 2.05) is 6.07 Å². The lowest BCUT2D eigenvalue weighted by atomic mass is 10.3. The van der Waals surface area contributed by atoms with Crippen LogP contribution < -0.4 is 0 Å². The van der Waals surface area contributed by atoms with E-state index in [0.717, 1.165) is 14.8 Å². The van der Waals surface area contributed by atoms with Crippen molar-refractivity contribution in [2.45, 2.75) is 18.2 Å². The first kappa shape index (κ1) is 14.6. The third-order valence-corrected chi connectivity index (χ3v) is 3.60. The van der Waals surface area contributed by atoms with E-state index in [1.165, 1.54) is 0 Å². The third-order valence-electron chi connectivity index (χ3n) is 1.93. The van der Waals surface area contributed by atoms with Crippen LogP contribution in [0.5, 0.6) is 0 Å². The Kier molecular flexibility index (Phi) is 6.08. The van der Waals surface area contributed by atoms with Gasteiger partial charge in [0.05, 0.1) is 16.1 Å². The highest BCUT2D eigenvalue weighted by Crippen LogP contribution is 2.14. The van der Waals surface area contributed by atoms with E-state index >= 15 is 0 Å². The lowest BCUT2D eigenvalue weighted by molar-refractivity contribution is -0.131. The van der Waals surface area contributed by atoms with Gasteiger partial charge < -0.3 is 0 Å². The fourth-order valence-electron chi connectivity index (χ4n) is 1.03. The summed E-state index contributed by atoms with van der Waals surface area (Å²) in [5.74, 6) is -0.287. The Morgan fingerprint density at radius 1 is 1.29 bits per heavy atom. The third kappa shape index (κ3) is 4.73. The molecule has 0 spiro atoms. The second kappa shape index (κ2) is 7.08. The van der Waals surface area contributed by atoms with Crippen molar-refractivity contribution in [3.05, 3.63) is 29.0 Å². The number of nitrogens with zero attached hydrogens (tertiary/aromatic N) is 2. The summed E-state index contributed by atoms with van der Waals surface area (Å²) in [4.78, 5) is 24.8. The molecule has 1 aliphatic rings. The van der Waals surface area contributed by atoms with Crippen LogP contribution in [0, 0.1) is 0 Å². The zero-order chi connectivity index (χ0) is 12.8. The van der Waals surface area contributed by atoms with E-state index in [9.17, 15) is 9.59 Å². The first-order chi connectivity index (χ1) is 8.04. The van der Waals surface area contributed by atoms with Gasteiger partial charge in [0.25, 0.3) is 0 Å². The van der Waals surface area contributed by atoms with E-state index < -0.39 is 0 Å². The molecule has 2 amide bonds. The smallest absolute Gasteiger partial charge is 0.239 e. The number of alkyl halides is 1. The number of rotatable bonds is 1. The predicted molar refractivity (Wildman–Crippen MR) is 71.9 cm³/mol. The number of hydrogen-bond acceptors (Lipinski definition) is 3. The van der Waals surface area contributed by atoms with Crippen LogP contribution >= 0.6 is 43.7 Å². The Bertz CT molecular complexity index is 395. The molecule has 0 aliphatic carbocycles. The van der Waals surface area contributed by atoms with Crippen LogP contribution in [0.4, 0.5) is 0 Å². The average molecular weight is 384 g/mol. The molecule has 0 N–H and O–H groups in total. The van der Waals surface area contributed by atoms with Crippen molar-refractivity contribution in [3.8, 4) is 0 Å². The standard InChI is InChI=1S/C6H5BrClN.C4H4BrNO2/c7-3-5-1-2-6(8)9-4-5;5-6-3(7)1-2-4(6)8/h1-2,4H,3H2;1-2H2. The van der Waals surface area contributed by atoms with Crippen LogP contribution in [0.25, 0.3) is 0 Å². The summed E-state index contributed by atoms with van der Waals surface area (Å²) in [6.07, 6.45) is 2.45. The van der Waals surface area contributed by atoms with Gasteiger partial charge in [-0.15, -0.1) is 0 Å². The minimum absolute atomic E-state index is 0.144. The Balaban J connectivity index is 0.000000171. The molecular formula is C10H9Br2ClN2O2. The first-order valence-electron chi connectivity index (χ1n) is 4.72. The summed E-state index contributed by atoms with van der Waals surface area (Å²) in [5, 5.41) is 1.37. The van der Waals surface area contributed by atoms with Gasteiger partial charge in [-0.3, -0.25) is 9.59 Å². The number of aromatic nitrogens is 1. The number of carbonyl (C=O) groups is 2. The van der Waals surface area contributed by atoms with Gasteiger partial charge in [-0.05, 0) is 11.6 Å². The van der Waals surface area contributed by atoms with Crippen molar-refractivity contribution in [2.75, 3.05) is 0 Å². The van der Waals surface area contributed by atoms with Crippen molar-refractivity contribution in [1.29, 1.82) is 0 Å². The fourth-order valence-corrected chi connectivity index (χ4v) is 1.83. The number of carbonyl (C=O) groups excluding carboxylic acids is 2. The van der Waals surface area contributed by atoms with E-state index in [2.05, 4.69) is 37.1 Å². The Labute approximate surface area is 121 Å². The molecule has 17 heavy (non-hydrogen) atoms. The van der Waals surface area contributed by atoms with Crippen LogP contribution in [0.3, 0.4) is 0 Å². The van der Waals surface area contributed by atoms with Crippen LogP contribution in [-0.4, -0.2) is 20.7 Å². The first-order valence-corrected chi connectivity index (χ1v) is 6.93. The molecule has 0 radical (unpaired) electrons. The van der Waals surface area contributed by atoms with Crippen LogP contribution in [0.15, 0.2) is 18.3 Å². The maximum atomic E-state index is 10.4. The Morgan fingerprint density at radius 2 is 1.88 bits per heavy atom. The van der Waals surface area contributed by atoms with E-state index in [1.54, 1.807) is 12.3 Å². The highest BCUT2D eigenvalue weighted by atomic mass is 79.9. The van der Waals surface area contributed by atoms with Gasteiger partial charge >= 0.3 is 0 Å². The highest BCUT2D eigenvalue weighted by Gasteiger charge is 2.26. The molecule has 1 saturated heterocycles. The Hall–Kier alpha value is -0.460. The number of halogens is 3. The molecule has 4 nitrogen and oxygen atoms in total. The minimum Gasteiger partial charge on any atom is -0.274 e. The maximum absolute atomic E-state index is 10.4. The van der Waals surface area contributed by atoms with Gasteiger partial charge in [-0.1, -0.05) is 33.6 Å². The van der Waals surface area contributed by atoms with Gasteiger partial charge in [0.2, 0.25) is 11.8 Å². The summed E-state index contributed by atoms with van der Waals surface area (Å²) in [5.41, 5.74) is 1.14. The van der Waals surface area contributed by atoms with E-state index in [-0.39, 0.29) is 11.8 Å². The molecule has 0 bridgehead atoms. The number of amides is 2. The molecular weight excluding hydrogens is 375 g/mol. The number of hydrogen-bond donors (Lipinski definition) is 0. The molecule has 0 atom stereocenters. The van der Waals surface area contributed by atoms with Crippen LogP contribution in [0.2, 0.25) is 5.15 Å². The molecule has 1 fully saturated rings. The SMILES string of the molecule is Clc1ccc(CBr)cn1.O=C1CCC(=O)N1Br. The number of pyridine rings is 1. The van der Waals surface area contributed by atoms with Crippen LogP contribution in [0.1, 0.15) is 18.4 Å². The van der Waals surface area contributed by atoms with Gasteiger partial charge in [-0.25, -0.2) is 8.91 Å². The van der Waals surface area contributed by atoms with Crippen molar-refractivity contribution < 1.29 is 9.59 Å². The van der Waals surface area contributed by atoms with Gasteiger partial charge in [-0.2, -0.15) is 0 Å². The van der Waals surface area contributed by atoms with Gasteiger partial charge in [0.1, 0.15) is 5.15 Å². The van der Waals surface area contributed by atoms with E-state index in [4.69, 9.17) is 11.6 Å². The lowest BCUT2D eigenvalue weighted by Crippen LogP contribution is -2.16. The zero-order valence-corrected chi connectivity index (χ0v) is 12.6. The molecule has 92 valence electrons. The monoisotopic (exact) mass is 382 g/mol. The van der Waals surface area contributed by atoms with Crippen molar-refractivity contribution in [3.63, 3.8) is 0 Å². The molecule has 0 unspecified atom stereocenters. The molecule has 1 aliphatic heterocycles. The normalized spacial score (nSPS) is 14.6. The number of imide groups is 1. The molecule has 7 heteroatoms.